The number of methoxy groups -OCH3 is 1. The van der Waals surface area contributed by atoms with Crippen LogP contribution in [-0.4, -0.2) is 68.8 Å². The van der Waals surface area contributed by atoms with Crippen LogP contribution in [0.5, 0.6) is 0 Å². The molecule has 0 amide bonds. The summed E-state index contributed by atoms with van der Waals surface area (Å²) in [5.41, 5.74) is 0.530. The smallest absolute Gasteiger partial charge is 0.243 e. The van der Waals surface area contributed by atoms with Gasteiger partial charge in [-0.15, -0.1) is 0 Å². The van der Waals surface area contributed by atoms with Gasteiger partial charge in [-0.05, 0) is 44.7 Å². The van der Waals surface area contributed by atoms with Crippen molar-refractivity contribution in [2.75, 3.05) is 33.3 Å². The molecule has 0 atom stereocenters. The molecule has 0 aliphatic carbocycles. The van der Waals surface area contributed by atoms with Gasteiger partial charge in [-0.1, -0.05) is 12.1 Å². The van der Waals surface area contributed by atoms with E-state index in [4.69, 9.17) is 4.74 Å². The van der Waals surface area contributed by atoms with Crippen molar-refractivity contribution in [3.63, 3.8) is 0 Å². The molecule has 1 aromatic rings. The largest absolute Gasteiger partial charge is 0.381 e. The van der Waals surface area contributed by atoms with Crippen molar-refractivity contribution in [1.29, 1.82) is 0 Å². The van der Waals surface area contributed by atoms with Gasteiger partial charge in [-0.25, -0.2) is 8.42 Å². The van der Waals surface area contributed by atoms with Crippen LogP contribution < -0.4 is 0 Å². The van der Waals surface area contributed by atoms with Crippen LogP contribution in [0.25, 0.3) is 0 Å². The maximum absolute atomic E-state index is 12.8. The quantitative estimate of drug-likeness (QED) is 0.733. The number of hydrogen-bond donors (Lipinski definition) is 0. The van der Waals surface area contributed by atoms with E-state index >= 15 is 0 Å². The average molecular weight is 381 g/mol. The molecular weight excluding hydrogens is 352 g/mol. The molecule has 0 saturated carbocycles. The van der Waals surface area contributed by atoms with Crippen LogP contribution >= 0.6 is 0 Å². The number of Topliss-reactive ketones (excluding diaryl/α,β-unsaturated/α-hetero) is 1. The summed E-state index contributed by atoms with van der Waals surface area (Å²) in [4.78, 5) is 14.1. The molecule has 26 heavy (non-hydrogen) atoms. The standard InChI is InChI=1S/C19H28N2O4S/c1-15(22)16-3-5-19(6-4-16)26(23,24)21-13-7-17(8-14-21)20-11-9-18(25-2)10-12-20/h3-6,17-18H,7-14H2,1-2H3. The lowest BCUT2D eigenvalue weighted by Crippen LogP contribution is -2.49. The first-order chi connectivity index (χ1) is 12.4. The molecule has 0 N–H and O–H groups in total. The zero-order valence-electron chi connectivity index (χ0n) is 15.6. The second kappa shape index (κ2) is 8.17. The topological polar surface area (TPSA) is 66.9 Å². The predicted molar refractivity (Wildman–Crippen MR) is 99.8 cm³/mol. The second-order valence-corrected chi connectivity index (χ2v) is 9.12. The van der Waals surface area contributed by atoms with Crippen LogP contribution in [0.1, 0.15) is 43.0 Å². The Morgan fingerprint density at radius 1 is 1.00 bits per heavy atom. The molecule has 3 rings (SSSR count). The van der Waals surface area contributed by atoms with Gasteiger partial charge in [0.2, 0.25) is 10.0 Å². The molecule has 0 aromatic heterocycles. The van der Waals surface area contributed by atoms with E-state index in [-0.39, 0.29) is 10.7 Å². The van der Waals surface area contributed by atoms with E-state index in [9.17, 15) is 13.2 Å². The van der Waals surface area contributed by atoms with E-state index in [1.54, 1.807) is 23.5 Å². The third kappa shape index (κ3) is 4.17. The number of carbonyl (C=O) groups excluding carboxylic acids is 1. The number of hydrogen-bond acceptors (Lipinski definition) is 5. The van der Waals surface area contributed by atoms with E-state index in [1.807, 2.05) is 0 Å². The van der Waals surface area contributed by atoms with E-state index in [0.29, 0.717) is 30.8 Å². The molecule has 0 unspecified atom stereocenters. The van der Waals surface area contributed by atoms with E-state index in [1.165, 1.54) is 19.1 Å². The maximum Gasteiger partial charge on any atom is 0.243 e. The highest BCUT2D eigenvalue weighted by atomic mass is 32.2. The van der Waals surface area contributed by atoms with Crippen LogP contribution in [0.15, 0.2) is 29.2 Å². The Hall–Kier alpha value is -1.28. The van der Waals surface area contributed by atoms with Gasteiger partial charge in [0.15, 0.2) is 5.78 Å². The lowest BCUT2D eigenvalue weighted by Gasteiger charge is -2.41. The molecule has 2 aliphatic heterocycles. The maximum atomic E-state index is 12.8. The molecule has 2 heterocycles. The van der Waals surface area contributed by atoms with Gasteiger partial charge in [0.1, 0.15) is 0 Å². The van der Waals surface area contributed by atoms with Crippen molar-refractivity contribution >= 4 is 15.8 Å². The van der Waals surface area contributed by atoms with Gasteiger partial charge >= 0.3 is 0 Å². The Morgan fingerprint density at radius 2 is 1.58 bits per heavy atom. The summed E-state index contributed by atoms with van der Waals surface area (Å²) in [7, 11) is -1.72. The zero-order chi connectivity index (χ0) is 18.7. The van der Waals surface area contributed by atoms with Crippen LogP contribution in [-0.2, 0) is 14.8 Å². The van der Waals surface area contributed by atoms with Gasteiger partial charge in [0, 0.05) is 44.9 Å². The summed E-state index contributed by atoms with van der Waals surface area (Å²) >= 11 is 0. The molecule has 0 bridgehead atoms. The van der Waals surface area contributed by atoms with Gasteiger partial charge in [-0.3, -0.25) is 4.79 Å². The van der Waals surface area contributed by atoms with Crippen LogP contribution in [0.3, 0.4) is 0 Å². The minimum absolute atomic E-state index is 0.0630. The normalized spacial score (nSPS) is 21.8. The number of carbonyl (C=O) groups is 1. The number of likely N-dealkylation sites (tertiary alicyclic amines) is 1. The highest BCUT2D eigenvalue weighted by Gasteiger charge is 2.33. The van der Waals surface area contributed by atoms with E-state index in [2.05, 4.69) is 4.90 Å². The van der Waals surface area contributed by atoms with E-state index < -0.39 is 10.0 Å². The fourth-order valence-electron chi connectivity index (χ4n) is 3.93. The summed E-state index contributed by atoms with van der Waals surface area (Å²) in [6, 6.07) is 6.70. The SMILES string of the molecule is COC1CCN(C2CCN(S(=O)(=O)c3ccc(C(C)=O)cc3)CC2)CC1. The van der Waals surface area contributed by atoms with Crippen molar-refractivity contribution in [3.05, 3.63) is 29.8 Å². The fourth-order valence-corrected chi connectivity index (χ4v) is 5.40. The molecular formula is C19H28N2O4S. The number of nitrogens with zero attached hydrogens (tertiary/aromatic N) is 2. The number of piperidine rings is 2. The monoisotopic (exact) mass is 380 g/mol. The molecule has 2 aliphatic rings. The number of sulfonamides is 1. The molecule has 2 fully saturated rings. The first-order valence-electron chi connectivity index (χ1n) is 9.30. The van der Waals surface area contributed by atoms with Gasteiger partial charge in [-0.2, -0.15) is 4.31 Å². The zero-order valence-corrected chi connectivity index (χ0v) is 16.4. The van der Waals surface area contributed by atoms with Crippen molar-refractivity contribution in [2.45, 2.75) is 49.6 Å². The van der Waals surface area contributed by atoms with Crippen LogP contribution in [0, 0.1) is 0 Å². The third-order valence-corrected chi connectivity index (χ3v) is 7.56. The van der Waals surface area contributed by atoms with Gasteiger partial charge in [0.05, 0.1) is 11.0 Å². The Balaban J connectivity index is 1.59. The molecule has 7 heteroatoms. The average Bonchev–Trinajstić information content (AvgIpc) is 2.68. The predicted octanol–water partition coefficient (Wildman–Crippen LogP) is 2.15. The Kier molecular flexibility index (Phi) is 6.12. The number of benzene rings is 1. The molecule has 0 spiro atoms. The summed E-state index contributed by atoms with van der Waals surface area (Å²) in [6.07, 6.45) is 4.20. The van der Waals surface area contributed by atoms with Crippen molar-refractivity contribution in [2.24, 2.45) is 0 Å². The van der Waals surface area contributed by atoms with Crippen molar-refractivity contribution in [3.8, 4) is 0 Å². The van der Waals surface area contributed by atoms with Crippen molar-refractivity contribution < 1.29 is 17.9 Å². The van der Waals surface area contributed by atoms with Gasteiger partial charge < -0.3 is 9.64 Å². The molecule has 0 radical (unpaired) electrons. The lowest BCUT2D eigenvalue weighted by molar-refractivity contribution is 0.0190. The van der Waals surface area contributed by atoms with E-state index in [0.717, 1.165) is 38.8 Å². The molecule has 2 saturated heterocycles. The second-order valence-electron chi connectivity index (χ2n) is 7.19. The Morgan fingerprint density at radius 3 is 2.08 bits per heavy atom. The Labute approximate surface area is 156 Å². The van der Waals surface area contributed by atoms with Crippen LogP contribution in [0.2, 0.25) is 0 Å². The Bertz CT molecular complexity index is 716. The number of ether oxygens (including phenoxy) is 1. The van der Waals surface area contributed by atoms with Gasteiger partial charge in [0.25, 0.3) is 0 Å². The molecule has 144 valence electrons. The third-order valence-electron chi connectivity index (χ3n) is 5.65. The number of rotatable bonds is 5. The highest BCUT2D eigenvalue weighted by molar-refractivity contribution is 7.89. The fraction of sp³-hybridized carbons (Fsp3) is 0.632. The minimum Gasteiger partial charge on any atom is -0.381 e. The first kappa shape index (κ1) is 19.5. The molecule has 6 nitrogen and oxygen atoms in total. The summed E-state index contributed by atoms with van der Waals surface area (Å²) < 4.78 is 32.7. The lowest BCUT2D eigenvalue weighted by atomic mass is 10.00. The summed E-state index contributed by atoms with van der Waals surface area (Å²) in [6.45, 7) is 4.63. The molecule has 1 aromatic carbocycles. The minimum atomic E-state index is -3.49. The summed E-state index contributed by atoms with van der Waals surface area (Å²) in [5.74, 6) is -0.0630. The van der Waals surface area contributed by atoms with Crippen molar-refractivity contribution in [1.82, 2.24) is 9.21 Å². The number of ketones is 1. The van der Waals surface area contributed by atoms with Crippen LogP contribution in [0.4, 0.5) is 0 Å². The first-order valence-corrected chi connectivity index (χ1v) is 10.7. The summed E-state index contributed by atoms with van der Waals surface area (Å²) in [5, 5.41) is 0. The highest BCUT2D eigenvalue weighted by Crippen LogP contribution is 2.26.